The summed E-state index contributed by atoms with van der Waals surface area (Å²) < 4.78 is 0. The predicted octanol–water partition coefficient (Wildman–Crippen LogP) is 4.64. The molecule has 19 heavy (non-hydrogen) atoms. The third-order valence-corrected chi connectivity index (χ3v) is 4.30. The Morgan fingerprint density at radius 2 is 1.26 bits per heavy atom. The van der Waals surface area contributed by atoms with Gasteiger partial charge in [0.2, 0.25) is 0 Å². The van der Waals surface area contributed by atoms with Gasteiger partial charge in [0.05, 0.1) is 6.10 Å². The standard InChI is InChI=1S/C17H37NO/c1-4-5-6-7-8-9-10-11-12-13-14-17(2,3)16(19)15-18/h16,19H,4-15,18H2,1-3H3. The molecular weight excluding hydrogens is 234 g/mol. The van der Waals surface area contributed by atoms with Crippen molar-refractivity contribution in [1.82, 2.24) is 0 Å². The lowest BCUT2D eigenvalue weighted by Gasteiger charge is -2.29. The number of aliphatic hydroxyl groups is 1. The maximum absolute atomic E-state index is 9.80. The molecule has 0 amide bonds. The number of hydrogen-bond acceptors (Lipinski definition) is 2. The SMILES string of the molecule is CCCCCCCCCCCCC(C)(C)C(O)CN. The van der Waals surface area contributed by atoms with Crippen LogP contribution in [0.3, 0.4) is 0 Å². The van der Waals surface area contributed by atoms with E-state index in [1.54, 1.807) is 0 Å². The van der Waals surface area contributed by atoms with E-state index in [9.17, 15) is 5.11 Å². The van der Waals surface area contributed by atoms with E-state index in [2.05, 4.69) is 20.8 Å². The lowest BCUT2D eigenvalue weighted by molar-refractivity contribution is 0.0494. The van der Waals surface area contributed by atoms with Crippen molar-refractivity contribution in [2.75, 3.05) is 6.54 Å². The predicted molar refractivity (Wildman–Crippen MR) is 85.3 cm³/mol. The molecule has 0 radical (unpaired) electrons. The molecule has 0 spiro atoms. The van der Waals surface area contributed by atoms with Crippen LogP contribution in [0.1, 0.15) is 91.4 Å². The van der Waals surface area contributed by atoms with Gasteiger partial charge in [-0.05, 0) is 11.8 Å². The first-order chi connectivity index (χ1) is 9.04. The van der Waals surface area contributed by atoms with Crippen molar-refractivity contribution in [2.24, 2.45) is 11.1 Å². The van der Waals surface area contributed by atoms with Crippen molar-refractivity contribution >= 4 is 0 Å². The van der Waals surface area contributed by atoms with Gasteiger partial charge in [0.15, 0.2) is 0 Å². The quantitative estimate of drug-likeness (QED) is 0.479. The summed E-state index contributed by atoms with van der Waals surface area (Å²) in [5.41, 5.74) is 5.51. The number of unbranched alkanes of at least 4 members (excludes halogenated alkanes) is 9. The summed E-state index contributed by atoms with van der Waals surface area (Å²) in [6, 6.07) is 0. The summed E-state index contributed by atoms with van der Waals surface area (Å²) in [6.07, 6.45) is 14.4. The fourth-order valence-corrected chi connectivity index (χ4v) is 2.55. The molecule has 1 atom stereocenters. The van der Waals surface area contributed by atoms with Gasteiger partial charge >= 0.3 is 0 Å². The third kappa shape index (κ3) is 10.4. The van der Waals surface area contributed by atoms with Crippen molar-refractivity contribution in [1.29, 1.82) is 0 Å². The Bertz CT molecular complexity index is 192. The second kappa shape index (κ2) is 11.7. The molecule has 0 rings (SSSR count). The van der Waals surface area contributed by atoms with Crippen LogP contribution in [0.4, 0.5) is 0 Å². The van der Waals surface area contributed by atoms with Crippen LogP contribution >= 0.6 is 0 Å². The topological polar surface area (TPSA) is 46.2 Å². The van der Waals surface area contributed by atoms with Gasteiger partial charge in [0.25, 0.3) is 0 Å². The molecule has 1 unspecified atom stereocenters. The van der Waals surface area contributed by atoms with E-state index in [1.165, 1.54) is 64.2 Å². The minimum atomic E-state index is -0.355. The highest BCUT2D eigenvalue weighted by molar-refractivity contribution is 4.78. The van der Waals surface area contributed by atoms with Gasteiger partial charge < -0.3 is 10.8 Å². The van der Waals surface area contributed by atoms with E-state index >= 15 is 0 Å². The Kier molecular flexibility index (Phi) is 11.7. The smallest absolute Gasteiger partial charge is 0.0713 e. The fourth-order valence-electron chi connectivity index (χ4n) is 2.55. The van der Waals surface area contributed by atoms with E-state index in [1.807, 2.05) is 0 Å². The molecule has 116 valence electrons. The van der Waals surface area contributed by atoms with E-state index in [0.29, 0.717) is 6.54 Å². The summed E-state index contributed by atoms with van der Waals surface area (Å²) in [4.78, 5) is 0. The summed E-state index contributed by atoms with van der Waals surface area (Å²) in [7, 11) is 0. The second-order valence-corrected chi connectivity index (χ2v) is 6.67. The van der Waals surface area contributed by atoms with Crippen LogP contribution in [0.2, 0.25) is 0 Å². The van der Waals surface area contributed by atoms with Gasteiger partial charge in [-0.25, -0.2) is 0 Å². The van der Waals surface area contributed by atoms with Crippen LogP contribution in [0.5, 0.6) is 0 Å². The lowest BCUT2D eigenvalue weighted by atomic mass is 9.81. The number of nitrogens with two attached hydrogens (primary N) is 1. The molecule has 0 aromatic carbocycles. The van der Waals surface area contributed by atoms with E-state index in [0.717, 1.165) is 6.42 Å². The first-order valence-electron chi connectivity index (χ1n) is 8.42. The van der Waals surface area contributed by atoms with Crippen LogP contribution in [0, 0.1) is 5.41 Å². The Hall–Kier alpha value is -0.0800. The normalized spacial score (nSPS) is 13.7. The zero-order valence-corrected chi connectivity index (χ0v) is 13.6. The molecule has 0 aliphatic heterocycles. The van der Waals surface area contributed by atoms with Crippen LogP contribution in [-0.2, 0) is 0 Å². The zero-order valence-electron chi connectivity index (χ0n) is 13.6. The third-order valence-electron chi connectivity index (χ3n) is 4.30. The van der Waals surface area contributed by atoms with E-state index in [-0.39, 0.29) is 11.5 Å². The summed E-state index contributed by atoms with van der Waals surface area (Å²) in [6.45, 7) is 6.89. The van der Waals surface area contributed by atoms with Gasteiger partial charge in [-0.15, -0.1) is 0 Å². The molecule has 2 heteroatoms. The lowest BCUT2D eigenvalue weighted by Crippen LogP contribution is -2.35. The molecule has 0 aliphatic carbocycles. The average Bonchev–Trinajstić information content (AvgIpc) is 2.39. The van der Waals surface area contributed by atoms with Crippen molar-refractivity contribution in [3.8, 4) is 0 Å². The van der Waals surface area contributed by atoms with Gasteiger partial charge in [-0.3, -0.25) is 0 Å². The Morgan fingerprint density at radius 1 is 0.842 bits per heavy atom. The van der Waals surface area contributed by atoms with Crippen LogP contribution in [0.25, 0.3) is 0 Å². The fraction of sp³-hybridized carbons (Fsp3) is 1.00. The van der Waals surface area contributed by atoms with Crippen LogP contribution in [0.15, 0.2) is 0 Å². The Labute approximate surface area is 121 Å². The van der Waals surface area contributed by atoms with E-state index < -0.39 is 0 Å². The van der Waals surface area contributed by atoms with Gasteiger partial charge in [-0.1, -0.05) is 85.0 Å². The molecule has 2 nitrogen and oxygen atoms in total. The second-order valence-electron chi connectivity index (χ2n) is 6.67. The number of hydrogen-bond donors (Lipinski definition) is 2. The number of rotatable bonds is 13. The molecular formula is C17H37NO. The van der Waals surface area contributed by atoms with Crippen molar-refractivity contribution < 1.29 is 5.11 Å². The summed E-state index contributed by atoms with van der Waals surface area (Å²) in [5, 5.41) is 9.80. The first kappa shape index (κ1) is 18.9. The van der Waals surface area contributed by atoms with Crippen molar-refractivity contribution in [3.63, 3.8) is 0 Å². The largest absolute Gasteiger partial charge is 0.391 e. The van der Waals surface area contributed by atoms with Gasteiger partial charge in [0, 0.05) is 6.54 Å². The van der Waals surface area contributed by atoms with Crippen molar-refractivity contribution in [3.05, 3.63) is 0 Å². The molecule has 0 saturated carbocycles. The maximum atomic E-state index is 9.80. The molecule has 0 aliphatic rings. The van der Waals surface area contributed by atoms with Crippen LogP contribution < -0.4 is 5.73 Å². The molecule has 0 saturated heterocycles. The number of aliphatic hydroxyl groups excluding tert-OH is 1. The molecule has 3 N–H and O–H groups in total. The molecule has 0 bridgehead atoms. The minimum Gasteiger partial charge on any atom is -0.391 e. The van der Waals surface area contributed by atoms with Crippen molar-refractivity contribution in [2.45, 2.75) is 97.5 Å². The summed E-state index contributed by atoms with van der Waals surface area (Å²) in [5.74, 6) is 0. The monoisotopic (exact) mass is 271 g/mol. The average molecular weight is 271 g/mol. The Balaban J connectivity index is 3.31. The minimum absolute atomic E-state index is 0.0189. The van der Waals surface area contributed by atoms with E-state index in [4.69, 9.17) is 5.73 Å². The molecule has 0 heterocycles. The molecule has 0 aromatic heterocycles. The highest BCUT2D eigenvalue weighted by Gasteiger charge is 2.25. The highest BCUT2D eigenvalue weighted by atomic mass is 16.3. The molecule has 0 aromatic rings. The highest BCUT2D eigenvalue weighted by Crippen LogP contribution is 2.27. The van der Waals surface area contributed by atoms with Crippen LogP contribution in [-0.4, -0.2) is 17.8 Å². The zero-order chi connectivity index (χ0) is 14.6. The first-order valence-corrected chi connectivity index (χ1v) is 8.42. The summed E-state index contributed by atoms with van der Waals surface area (Å²) >= 11 is 0. The maximum Gasteiger partial charge on any atom is 0.0713 e. The van der Waals surface area contributed by atoms with Gasteiger partial charge in [0.1, 0.15) is 0 Å². The molecule has 0 fully saturated rings. The van der Waals surface area contributed by atoms with Gasteiger partial charge in [-0.2, -0.15) is 0 Å². The Morgan fingerprint density at radius 3 is 1.68 bits per heavy atom.